The maximum Gasteiger partial charge on any atom is 0.329 e. The second kappa shape index (κ2) is 22.7. The number of ether oxygens (including phenoxy) is 8. The molecule has 2 fully saturated rings. The molecule has 0 bridgehead atoms. The van der Waals surface area contributed by atoms with Gasteiger partial charge in [-0.15, -0.1) is 6.58 Å². The lowest BCUT2D eigenvalue weighted by Gasteiger charge is -2.40. The summed E-state index contributed by atoms with van der Waals surface area (Å²) in [5, 5.41) is 0. The molecule has 5 rings (SSSR count). The number of nitrogens with zero attached hydrogens (tertiary/aromatic N) is 1. The van der Waals surface area contributed by atoms with E-state index in [1.807, 2.05) is 54.6 Å². The first-order chi connectivity index (χ1) is 28.3. The van der Waals surface area contributed by atoms with Gasteiger partial charge in [-0.3, -0.25) is 4.79 Å². The quantitative estimate of drug-likeness (QED) is 0.0556. The van der Waals surface area contributed by atoms with Gasteiger partial charge in [-0.1, -0.05) is 56.2 Å². The zero-order valence-corrected chi connectivity index (χ0v) is 34.7. The molecule has 3 atom stereocenters. The van der Waals surface area contributed by atoms with E-state index in [0.29, 0.717) is 80.1 Å². The molecule has 0 N–H and O–H groups in total. The Hall–Kier alpha value is -5.16. The molecular weight excluding hydrogens is 739 g/mol. The molecule has 1 saturated heterocycles. The van der Waals surface area contributed by atoms with Crippen LogP contribution in [0, 0.1) is 5.92 Å². The van der Waals surface area contributed by atoms with E-state index in [4.69, 9.17) is 37.9 Å². The van der Waals surface area contributed by atoms with Crippen LogP contribution in [0.4, 0.5) is 0 Å². The van der Waals surface area contributed by atoms with Crippen LogP contribution in [0.15, 0.2) is 79.9 Å². The lowest BCUT2D eigenvalue weighted by Crippen LogP contribution is -2.51. The Labute approximate surface area is 344 Å². The molecule has 0 aromatic heterocycles. The van der Waals surface area contributed by atoms with E-state index in [-0.39, 0.29) is 18.4 Å². The van der Waals surface area contributed by atoms with E-state index < -0.39 is 24.0 Å². The van der Waals surface area contributed by atoms with Gasteiger partial charge in [0.25, 0.3) is 0 Å². The van der Waals surface area contributed by atoms with Crippen molar-refractivity contribution in [3.8, 4) is 34.5 Å². The van der Waals surface area contributed by atoms with Crippen LogP contribution < -0.4 is 28.4 Å². The third-order valence-electron chi connectivity index (χ3n) is 11.0. The van der Waals surface area contributed by atoms with Gasteiger partial charge in [0.1, 0.15) is 31.1 Å². The van der Waals surface area contributed by atoms with Crippen LogP contribution in [-0.2, 0) is 25.5 Å². The average molecular weight is 800 g/mol. The first kappa shape index (κ1) is 44.0. The minimum absolute atomic E-state index is 0.0779. The summed E-state index contributed by atoms with van der Waals surface area (Å²) in [7, 11) is 6.37. The highest BCUT2D eigenvalue weighted by Crippen LogP contribution is 2.45. The minimum Gasteiger partial charge on any atom is -0.493 e. The number of methoxy groups -OCH3 is 4. The predicted molar refractivity (Wildman–Crippen MR) is 224 cm³/mol. The number of carbonyl (C=O) groups excluding carboxylic acids is 2. The van der Waals surface area contributed by atoms with E-state index in [0.717, 1.165) is 61.6 Å². The molecule has 1 aliphatic carbocycles. The van der Waals surface area contributed by atoms with Gasteiger partial charge in [-0.05, 0) is 104 Å². The fraction of sp³-hybridized carbons (Fsp3) is 0.489. The minimum atomic E-state index is -0.738. The molecule has 0 unspecified atom stereocenters. The highest BCUT2D eigenvalue weighted by molar-refractivity contribution is 5.89. The van der Waals surface area contributed by atoms with Crippen molar-refractivity contribution in [1.82, 2.24) is 4.90 Å². The zero-order valence-electron chi connectivity index (χ0n) is 34.7. The molecule has 58 heavy (non-hydrogen) atoms. The number of amides is 1. The SMILES string of the molecule is C=CCOCCOc1c(OC)cc([C@@H](C(=O)N2CCCC[C@@H]2C(=O)O[C@@H](CCc2ccc(OC)c(OC)c2)c2cccc(OCC=C)c2)C2CCCCC2)cc1OC. The monoisotopic (exact) mass is 799 g/mol. The van der Waals surface area contributed by atoms with Gasteiger partial charge in [0, 0.05) is 6.54 Å². The summed E-state index contributed by atoms with van der Waals surface area (Å²) in [6.07, 6.45) is 11.0. The fourth-order valence-corrected chi connectivity index (χ4v) is 8.10. The number of rotatable bonds is 22. The summed E-state index contributed by atoms with van der Waals surface area (Å²) < 4.78 is 46.6. The third kappa shape index (κ3) is 11.5. The molecule has 2 aliphatic rings. The highest BCUT2D eigenvalue weighted by Gasteiger charge is 2.41. The number of hydrogen-bond acceptors (Lipinski definition) is 10. The first-order valence-electron chi connectivity index (χ1n) is 20.5. The maximum atomic E-state index is 15.1. The van der Waals surface area contributed by atoms with Gasteiger partial charge in [0.15, 0.2) is 23.0 Å². The summed E-state index contributed by atoms with van der Waals surface area (Å²) in [4.78, 5) is 31.4. The summed E-state index contributed by atoms with van der Waals surface area (Å²) >= 11 is 0. The number of aryl methyl sites for hydroxylation is 1. The summed E-state index contributed by atoms with van der Waals surface area (Å²) in [5.41, 5.74) is 2.59. The van der Waals surface area contributed by atoms with Gasteiger partial charge in [0.2, 0.25) is 11.7 Å². The van der Waals surface area contributed by atoms with Gasteiger partial charge in [-0.2, -0.15) is 0 Å². The molecule has 11 nitrogen and oxygen atoms in total. The largest absolute Gasteiger partial charge is 0.493 e. The summed E-state index contributed by atoms with van der Waals surface area (Å²) in [6, 6.07) is 16.5. The van der Waals surface area contributed by atoms with Crippen molar-refractivity contribution in [2.75, 3.05) is 61.4 Å². The second-order valence-electron chi connectivity index (χ2n) is 14.7. The molecule has 1 saturated carbocycles. The second-order valence-corrected chi connectivity index (χ2v) is 14.7. The molecule has 1 amide bonds. The Bertz CT molecular complexity index is 1780. The van der Waals surface area contributed by atoms with Gasteiger partial charge in [-0.25, -0.2) is 4.79 Å². The van der Waals surface area contributed by atoms with E-state index in [1.165, 1.54) is 0 Å². The Morgan fingerprint density at radius 2 is 1.45 bits per heavy atom. The smallest absolute Gasteiger partial charge is 0.329 e. The zero-order chi connectivity index (χ0) is 41.3. The molecular formula is C47H61NO10. The van der Waals surface area contributed by atoms with Crippen LogP contribution in [0.5, 0.6) is 34.5 Å². The van der Waals surface area contributed by atoms with Crippen molar-refractivity contribution < 1.29 is 47.5 Å². The normalized spacial score (nSPS) is 16.7. The fourth-order valence-electron chi connectivity index (χ4n) is 8.10. The molecule has 3 aromatic rings. The molecule has 11 heteroatoms. The van der Waals surface area contributed by atoms with Crippen LogP contribution in [0.3, 0.4) is 0 Å². The first-order valence-corrected chi connectivity index (χ1v) is 20.5. The van der Waals surface area contributed by atoms with Crippen LogP contribution in [0.1, 0.15) is 86.5 Å². The van der Waals surface area contributed by atoms with Crippen LogP contribution in [-0.4, -0.2) is 84.2 Å². The highest BCUT2D eigenvalue weighted by atomic mass is 16.6. The van der Waals surface area contributed by atoms with Crippen LogP contribution in [0.25, 0.3) is 0 Å². The number of likely N-dealkylation sites (tertiary alicyclic amines) is 1. The molecule has 0 spiro atoms. The number of piperidine rings is 1. The Balaban J connectivity index is 1.44. The molecule has 0 radical (unpaired) electrons. The lowest BCUT2D eigenvalue weighted by atomic mass is 9.75. The Morgan fingerprint density at radius 3 is 2.14 bits per heavy atom. The van der Waals surface area contributed by atoms with Crippen molar-refractivity contribution in [2.45, 2.75) is 82.3 Å². The standard InChI is InChI=1S/C47H61NO10/c1-7-25-55-27-28-57-45-42(53-5)31-36(32-43(45)54-6)44(34-15-10-9-11-16-34)46(49)48-24-13-12-19-38(48)47(50)58-39(35-17-14-18-37(30-35)56-26-8-2)22-20-33-21-23-40(51-3)41(29-33)52-4/h7-8,14,17-18,21,23,29-32,34,38-39,44H,1-2,9-13,15-16,19-20,22,24-28H2,3-6H3/t38-,39+,44+/m1/s1. The molecule has 1 aliphatic heterocycles. The predicted octanol–water partition coefficient (Wildman–Crippen LogP) is 8.83. The van der Waals surface area contributed by atoms with E-state index in [1.54, 1.807) is 45.5 Å². The third-order valence-corrected chi connectivity index (χ3v) is 11.0. The Morgan fingerprint density at radius 1 is 0.741 bits per heavy atom. The van der Waals surface area contributed by atoms with Gasteiger partial charge < -0.3 is 42.8 Å². The van der Waals surface area contributed by atoms with Crippen molar-refractivity contribution in [3.63, 3.8) is 0 Å². The number of benzene rings is 3. The summed E-state index contributed by atoms with van der Waals surface area (Å²) in [6.45, 7) is 9.32. The number of carbonyl (C=O) groups is 2. The van der Waals surface area contributed by atoms with Gasteiger partial charge in [0.05, 0.1) is 47.6 Å². The van der Waals surface area contributed by atoms with E-state index >= 15 is 4.79 Å². The Kier molecular flexibility index (Phi) is 17.2. The average Bonchev–Trinajstić information content (AvgIpc) is 3.27. The molecule has 3 aromatic carbocycles. The van der Waals surface area contributed by atoms with Crippen molar-refractivity contribution in [2.24, 2.45) is 5.92 Å². The molecule has 314 valence electrons. The van der Waals surface area contributed by atoms with Crippen molar-refractivity contribution in [3.05, 3.63) is 96.6 Å². The lowest BCUT2D eigenvalue weighted by molar-refractivity contribution is -0.163. The van der Waals surface area contributed by atoms with Crippen LogP contribution >= 0.6 is 0 Å². The molecule has 1 heterocycles. The number of esters is 1. The maximum absolute atomic E-state index is 15.1. The van der Waals surface area contributed by atoms with E-state index in [9.17, 15) is 4.79 Å². The van der Waals surface area contributed by atoms with Crippen LogP contribution in [0.2, 0.25) is 0 Å². The summed E-state index contributed by atoms with van der Waals surface area (Å²) in [5.74, 6) is 2.39. The van der Waals surface area contributed by atoms with Crippen molar-refractivity contribution >= 4 is 11.9 Å². The van der Waals surface area contributed by atoms with Crippen molar-refractivity contribution in [1.29, 1.82) is 0 Å². The van der Waals surface area contributed by atoms with Gasteiger partial charge >= 0.3 is 5.97 Å². The topological polar surface area (TPSA) is 111 Å². The number of hydrogen-bond donors (Lipinski definition) is 0. The van der Waals surface area contributed by atoms with E-state index in [2.05, 4.69) is 13.2 Å².